The summed E-state index contributed by atoms with van der Waals surface area (Å²) in [7, 11) is 0. The smallest absolute Gasteiger partial charge is 0.168 e. The third kappa shape index (κ3) is 3.78. The van der Waals surface area contributed by atoms with Gasteiger partial charge < -0.3 is 5.32 Å². The summed E-state index contributed by atoms with van der Waals surface area (Å²) in [6.45, 7) is 10.9. The third-order valence-electron chi connectivity index (χ3n) is 3.88. The molecule has 0 aliphatic heterocycles. The van der Waals surface area contributed by atoms with E-state index in [1.807, 2.05) is 0 Å². The molecule has 0 aliphatic carbocycles. The molecule has 0 amide bonds. The van der Waals surface area contributed by atoms with Gasteiger partial charge in [0.05, 0.1) is 11.6 Å². The van der Waals surface area contributed by atoms with Crippen molar-refractivity contribution in [2.75, 3.05) is 5.32 Å². The topological polar surface area (TPSA) is 55.6 Å². The normalized spacial score (nSPS) is 12.6. The number of fused-ring (bicyclic) bond motifs is 1. The quantitative estimate of drug-likeness (QED) is 0.754. The average Bonchev–Trinajstić information content (AvgIpc) is 2.90. The molecule has 0 unspecified atom stereocenters. The van der Waals surface area contributed by atoms with E-state index in [0.29, 0.717) is 17.2 Å². The van der Waals surface area contributed by atoms with Crippen molar-refractivity contribution in [3.63, 3.8) is 0 Å². The van der Waals surface area contributed by atoms with E-state index in [0.717, 1.165) is 11.8 Å². The molecule has 0 radical (unpaired) electrons. The summed E-state index contributed by atoms with van der Waals surface area (Å²) >= 11 is 0. The highest BCUT2D eigenvalue weighted by atomic mass is 19.1. The number of rotatable bonds is 4. The minimum absolute atomic E-state index is 0.153. The average molecular weight is 341 g/mol. The zero-order chi connectivity index (χ0) is 18.2. The lowest BCUT2D eigenvalue weighted by Crippen LogP contribution is -2.35. The molecule has 6 heteroatoms. The molecule has 0 saturated heterocycles. The maximum absolute atomic E-state index is 14.1. The van der Waals surface area contributed by atoms with Gasteiger partial charge in [-0.3, -0.25) is 0 Å². The maximum Gasteiger partial charge on any atom is 0.168 e. The van der Waals surface area contributed by atoms with Crippen LogP contribution in [0.4, 0.5) is 10.2 Å². The monoisotopic (exact) mass is 341 g/mol. The molecule has 2 aromatic heterocycles. The third-order valence-corrected chi connectivity index (χ3v) is 3.88. The van der Waals surface area contributed by atoms with E-state index >= 15 is 0 Å². The minimum atomic E-state index is -0.339. The lowest BCUT2D eigenvalue weighted by molar-refractivity contribution is 0.302. The van der Waals surface area contributed by atoms with E-state index in [1.54, 1.807) is 24.4 Å². The van der Waals surface area contributed by atoms with Crippen LogP contribution in [-0.2, 0) is 0 Å². The fraction of sp³-hybridized carbons (Fsp3) is 0.421. The zero-order valence-corrected chi connectivity index (χ0v) is 15.3. The van der Waals surface area contributed by atoms with Gasteiger partial charge in [-0.2, -0.15) is 5.10 Å². The Bertz CT molecular complexity index is 892. The number of hydrogen-bond donors (Lipinski definition) is 1. The van der Waals surface area contributed by atoms with E-state index in [9.17, 15) is 4.39 Å². The standard InChI is InChI=1S/C19H24FN5/c1-18(2,3)11-19(4,5)24-16-13-10-23-25(17(13)22-12-21-16)15-9-7-6-8-14(15)20/h6-10,12H,11H2,1-5H3,(H,21,22,24). The van der Waals surface area contributed by atoms with Crippen LogP contribution in [0.25, 0.3) is 16.7 Å². The highest BCUT2D eigenvalue weighted by molar-refractivity contribution is 5.87. The predicted octanol–water partition coefficient (Wildman–Crippen LogP) is 4.58. The molecular weight excluding hydrogens is 317 g/mol. The summed E-state index contributed by atoms with van der Waals surface area (Å²) in [6, 6.07) is 6.52. The summed E-state index contributed by atoms with van der Waals surface area (Å²) < 4.78 is 15.6. The first-order valence-corrected chi connectivity index (χ1v) is 8.38. The van der Waals surface area contributed by atoms with Gasteiger partial charge in [0.1, 0.15) is 23.6 Å². The van der Waals surface area contributed by atoms with Gasteiger partial charge in [-0.25, -0.2) is 19.0 Å². The van der Waals surface area contributed by atoms with Crippen molar-refractivity contribution in [3.8, 4) is 5.69 Å². The SMILES string of the molecule is CC(C)(C)CC(C)(C)Nc1ncnc2c1cnn2-c1ccccc1F. The molecule has 0 spiro atoms. The van der Waals surface area contributed by atoms with Crippen LogP contribution in [-0.4, -0.2) is 25.3 Å². The lowest BCUT2D eigenvalue weighted by Gasteiger charge is -2.33. The van der Waals surface area contributed by atoms with Gasteiger partial charge >= 0.3 is 0 Å². The second-order valence-corrected chi connectivity index (χ2v) is 8.21. The number of nitrogens with one attached hydrogen (secondary N) is 1. The Morgan fingerprint density at radius 1 is 1.08 bits per heavy atom. The van der Waals surface area contributed by atoms with Crippen molar-refractivity contribution in [3.05, 3.63) is 42.6 Å². The molecular formula is C19H24FN5. The van der Waals surface area contributed by atoms with Crippen LogP contribution in [0.15, 0.2) is 36.8 Å². The Balaban J connectivity index is 2.01. The number of halogens is 1. The number of aromatic nitrogens is 4. The summed E-state index contributed by atoms with van der Waals surface area (Å²) in [4.78, 5) is 8.69. The minimum Gasteiger partial charge on any atom is -0.364 e. The van der Waals surface area contributed by atoms with E-state index in [1.165, 1.54) is 17.1 Å². The maximum atomic E-state index is 14.1. The fourth-order valence-corrected chi connectivity index (χ4v) is 3.43. The molecule has 0 aliphatic rings. The number of hydrogen-bond acceptors (Lipinski definition) is 4. The van der Waals surface area contributed by atoms with Crippen LogP contribution in [0.1, 0.15) is 41.0 Å². The van der Waals surface area contributed by atoms with Crippen LogP contribution in [0.2, 0.25) is 0 Å². The van der Waals surface area contributed by atoms with Gasteiger partial charge in [-0.05, 0) is 37.8 Å². The number of para-hydroxylation sites is 1. The first-order chi connectivity index (χ1) is 11.7. The van der Waals surface area contributed by atoms with E-state index in [2.05, 4.69) is 55.0 Å². The van der Waals surface area contributed by atoms with Crippen LogP contribution in [0.5, 0.6) is 0 Å². The molecule has 1 aromatic carbocycles. The molecule has 132 valence electrons. The Morgan fingerprint density at radius 3 is 2.48 bits per heavy atom. The van der Waals surface area contributed by atoms with E-state index < -0.39 is 0 Å². The van der Waals surface area contributed by atoms with Crippen LogP contribution < -0.4 is 5.32 Å². The Labute approximate surface area is 147 Å². The van der Waals surface area contributed by atoms with Crippen LogP contribution >= 0.6 is 0 Å². The van der Waals surface area contributed by atoms with Crippen molar-refractivity contribution in [2.45, 2.75) is 46.6 Å². The molecule has 3 rings (SSSR count). The highest BCUT2D eigenvalue weighted by Gasteiger charge is 2.26. The summed E-state index contributed by atoms with van der Waals surface area (Å²) in [5, 5.41) is 8.60. The number of anilines is 1. The van der Waals surface area contributed by atoms with Crippen molar-refractivity contribution >= 4 is 16.9 Å². The number of benzene rings is 1. The summed E-state index contributed by atoms with van der Waals surface area (Å²) in [5.41, 5.74) is 0.977. The van der Waals surface area contributed by atoms with Crippen LogP contribution in [0, 0.1) is 11.2 Å². The molecule has 0 fully saturated rings. The Morgan fingerprint density at radius 2 is 1.80 bits per heavy atom. The molecule has 0 atom stereocenters. The van der Waals surface area contributed by atoms with Crippen molar-refractivity contribution in [2.24, 2.45) is 5.41 Å². The molecule has 3 aromatic rings. The first-order valence-electron chi connectivity index (χ1n) is 8.38. The molecule has 0 saturated carbocycles. The van der Waals surface area contributed by atoms with E-state index in [4.69, 9.17) is 0 Å². The van der Waals surface area contributed by atoms with Crippen LogP contribution in [0.3, 0.4) is 0 Å². The van der Waals surface area contributed by atoms with Crippen molar-refractivity contribution < 1.29 is 4.39 Å². The molecule has 2 heterocycles. The Hall–Kier alpha value is -2.50. The fourth-order valence-electron chi connectivity index (χ4n) is 3.43. The van der Waals surface area contributed by atoms with Crippen molar-refractivity contribution in [1.29, 1.82) is 0 Å². The largest absolute Gasteiger partial charge is 0.364 e. The second kappa shape index (κ2) is 6.10. The van der Waals surface area contributed by atoms with Gasteiger partial charge in [0.25, 0.3) is 0 Å². The Kier molecular flexibility index (Phi) is 4.22. The molecule has 0 bridgehead atoms. The highest BCUT2D eigenvalue weighted by Crippen LogP contribution is 2.31. The molecule has 1 N–H and O–H groups in total. The zero-order valence-electron chi connectivity index (χ0n) is 15.3. The van der Waals surface area contributed by atoms with E-state index in [-0.39, 0.29) is 16.8 Å². The number of nitrogens with zero attached hydrogens (tertiary/aromatic N) is 4. The first kappa shape index (κ1) is 17.3. The van der Waals surface area contributed by atoms with Gasteiger partial charge in [-0.1, -0.05) is 32.9 Å². The van der Waals surface area contributed by atoms with Gasteiger partial charge in [-0.15, -0.1) is 0 Å². The van der Waals surface area contributed by atoms with Gasteiger partial charge in [0, 0.05) is 5.54 Å². The van der Waals surface area contributed by atoms with Gasteiger partial charge in [0.2, 0.25) is 0 Å². The summed E-state index contributed by atoms with van der Waals surface area (Å²) in [5.74, 6) is 0.371. The predicted molar refractivity (Wildman–Crippen MR) is 98.4 cm³/mol. The second-order valence-electron chi connectivity index (χ2n) is 8.21. The van der Waals surface area contributed by atoms with Crippen molar-refractivity contribution in [1.82, 2.24) is 19.7 Å². The molecule has 5 nitrogen and oxygen atoms in total. The van der Waals surface area contributed by atoms with Gasteiger partial charge in [0.15, 0.2) is 5.65 Å². The lowest BCUT2D eigenvalue weighted by atomic mass is 9.82. The molecule has 25 heavy (non-hydrogen) atoms. The summed E-state index contributed by atoms with van der Waals surface area (Å²) in [6.07, 6.45) is 4.13.